The number of nitrogens with zero attached hydrogens (tertiary/aromatic N) is 3. The van der Waals surface area contributed by atoms with Crippen molar-refractivity contribution in [2.24, 2.45) is 0 Å². The Balaban J connectivity index is 1.93. The molecule has 2 N–H and O–H groups in total. The fourth-order valence-electron chi connectivity index (χ4n) is 2.92. The van der Waals surface area contributed by atoms with Crippen molar-refractivity contribution >= 4 is 11.6 Å². The Labute approximate surface area is 129 Å². The molecule has 22 heavy (non-hydrogen) atoms. The first-order chi connectivity index (χ1) is 10.6. The van der Waals surface area contributed by atoms with Crippen molar-refractivity contribution in [1.29, 1.82) is 0 Å². The van der Waals surface area contributed by atoms with Crippen LogP contribution in [0.5, 0.6) is 0 Å². The number of carbonyl (C=O) groups is 1. The van der Waals surface area contributed by atoms with Crippen LogP contribution >= 0.6 is 0 Å². The zero-order valence-corrected chi connectivity index (χ0v) is 12.9. The molecule has 1 aliphatic heterocycles. The zero-order chi connectivity index (χ0) is 15.7. The van der Waals surface area contributed by atoms with Gasteiger partial charge in [0.1, 0.15) is 0 Å². The first-order valence-corrected chi connectivity index (χ1v) is 7.54. The van der Waals surface area contributed by atoms with E-state index in [0.717, 1.165) is 24.8 Å². The van der Waals surface area contributed by atoms with Gasteiger partial charge in [0.05, 0.1) is 11.6 Å². The van der Waals surface area contributed by atoms with Gasteiger partial charge in [0.25, 0.3) is 5.91 Å². The van der Waals surface area contributed by atoms with Crippen molar-refractivity contribution in [2.75, 3.05) is 12.3 Å². The zero-order valence-electron chi connectivity index (χ0n) is 12.9. The molecule has 6 heteroatoms. The minimum atomic E-state index is -0.140. The van der Waals surface area contributed by atoms with Crippen LogP contribution in [0.15, 0.2) is 22.7 Å². The number of aryl methyl sites for hydroxylation is 2. The van der Waals surface area contributed by atoms with Crippen LogP contribution in [0.3, 0.4) is 0 Å². The summed E-state index contributed by atoms with van der Waals surface area (Å²) in [5, 5.41) is 3.99. The molecule has 1 aliphatic rings. The summed E-state index contributed by atoms with van der Waals surface area (Å²) in [6.45, 7) is 4.34. The van der Waals surface area contributed by atoms with Crippen molar-refractivity contribution in [3.63, 3.8) is 0 Å². The molecule has 2 aromatic rings. The van der Waals surface area contributed by atoms with Gasteiger partial charge in [-0.25, -0.2) is 0 Å². The fourth-order valence-corrected chi connectivity index (χ4v) is 2.92. The number of hydrogen-bond acceptors (Lipinski definition) is 5. The molecule has 1 amide bonds. The van der Waals surface area contributed by atoms with E-state index in [0.29, 0.717) is 29.5 Å². The van der Waals surface area contributed by atoms with Gasteiger partial charge in [0.2, 0.25) is 5.89 Å². The van der Waals surface area contributed by atoms with E-state index >= 15 is 0 Å². The van der Waals surface area contributed by atoms with E-state index in [1.807, 2.05) is 24.0 Å². The number of hydrogen-bond donors (Lipinski definition) is 1. The average molecular weight is 300 g/mol. The highest BCUT2D eigenvalue weighted by molar-refractivity contribution is 6.00. The maximum Gasteiger partial charge on any atom is 0.256 e. The van der Waals surface area contributed by atoms with Crippen molar-refractivity contribution in [3.8, 4) is 0 Å². The van der Waals surface area contributed by atoms with Crippen molar-refractivity contribution in [3.05, 3.63) is 41.0 Å². The first kappa shape index (κ1) is 14.6. The van der Waals surface area contributed by atoms with E-state index in [9.17, 15) is 4.79 Å². The van der Waals surface area contributed by atoms with Crippen molar-refractivity contribution in [1.82, 2.24) is 15.0 Å². The highest BCUT2D eigenvalue weighted by atomic mass is 16.5. The molecular weight excluding hydrogens is 280 g/mol. The maximum absolute atomic E-state index is 12.9. The number of aromatic nitrogens is 2. The van der Waals surface area contributed by atoms with Crippen LogP contribution < -0.4 is 5.73 Å². The number of rotatable bonds is 2. The van der Waals surface area contributed by atoms with Crippen LogP contribution in [0.25, 0.3) is 0 Å². The summed E-state index contributed by atoms with van der Waals surface area (Å²) in [6, 6.07) is 5.40. The average Bonchev–Trinajstić information content (AvgIpc) is 2.96. The summed E-state index contributed by atoms with van der Waals surface area (Å²) in [5.74, 6) is 1.04. The molecule has 1 saturated heterocycles. The Morgan fingerprint density at radius 3 is 2.91 bits per heavy atom. The lowest BCUT2D eigenvalue weighted by Gasteiger charge is -2.34. The molecule has 1 unspecified atom stereocenters. The van der Waals surface area contributed by atoms with E-state index < -0.39 is 0 Å². The van der Waals surface area contributed by atoms with Gasteiger partial charge in [0.15, 0.2) is 5.82 Å². The van der Waals surface area contributed by atoms with Crippen LogP contribution in [0.2, 0.25) is 0 Å². The summed E-state index contributed by atoms with van der Waals surface area (Å²) in [5.41, 5.74) is 8.08. The smallest absolute Gasteiger partial charge is 0.256 e. The maximum atomic E-state index is 12.9. The molecule has 2 heterocycles. The number of piperidine rings is 1. The molecule has 0 saturated carbocycles. The van der Waals surface area contributed by atoms with E-state index in [1.54, 1.807) is 13.0 Å². The van der Waals surface area contributed by atoms with Gasteiger partial charge in [0, 0.05) is 19.2 Å². The summed E-state index contributed by atoms with van der Waals surface area (Å²) in [6.07, 6.45) is 2.87. The van der Waals surface area contributed by atoms with Crippen LogP contribution in [-0.4, -0.2) is 27.5 Å². The Hall–Kier alpha value is -2.37. The Morgan fingerprint density at radius 1 is 1.36 bits per heavy atom. The number of carbonyl (C=O) groups excluding carboxylic acids is 1. The summed E-state index contributed by atoms with van der Waals surface area (Å²) < 4.78 is 5.07. The van der Waals surface area contributed by atoms with Crippen molar-refractivity contribution in [2.45, 2.75) is 39.2 Å². The monoisotopic (exact) mass is 300 g/mol. The predicted molar refractivity (Wildman–Crippen MR) is 82.3 cm³/mol. The Morgan fingerprint density at radius 2 is 2.18 bits per heavy atom. The second kappa shape index (κ2) is 5.79. The number of anilines is 1. The van der Waals surface area contributed by atoms with Crippen molar-refractivity contribution < 1.29 is 9.32 Å². The number of para-hydroxylation sites is 1. The third-order valence-electron chi connectivity index (χ3n) is 4.16. The first-order valence-electron chi connectivity index (χ1n) is 7.54. The second-order valence-electron chi connectivity index (χ2n) is 5.72. The molecule has 1 atom stereocenters. The molecule has 1 fully saturated rings. The summed E-state index contributed by atoms with van der Waals surface area (Å²) >= 11 is 0. The minimum Gasteiger partial charge on any atom is -0.398 e. The Bertz CT molecular complexity index is 695. The molecule has 116 valence electrons. The van der Waals surface area contributed by atoms with Gasteiger partial charge >= 0.3 is 0 Å². The third-order valence-corrected chi connectivity index (χ3v) is 4.16. The van der Waals surface area contributed by atoms with Gasteiger partial charge in [-0.15, -0.1) is 0 Å². The lowest BCUT2D eigenvalue weighted by molar-refractivity contribution is 0.0598. The summed E-state index contributed by atoms with van der Waals surface area (Å²) in [7, 11) is 0. The minimum absolute atomic E-state index is 0.0617. The third kappa shape index (κ3) is 2.56. The molecule has 3 rings (SSSR count). The van der Waals surface area contributed by atoms with Gasteiger partial charge in [-0.1, -0.05) is 17.3 Å². The van der Waals surface area contributed by atoms with Crippen LogP contribution in [0.1, 0.15) is 52.9 Å². The van der Waals surface area contributed by atoms with Crippen LogP contribution in [0.4, 0.5) is 5.69 Å². The van der Waals surface area contributed by atoms with E-state index in [4.69, 9.17) is 10.3 Å². The quantitative estimate of drug-likeness (QED) is 0.862. The number of nitrogens with two attached hydrogens (primary N) is 1. The van der Waals surface area contributed by atoms with Crippen LogP contribution in [-0.2, 0) is 0 Å². The molecule has 6 nitrogen and oxygen atoms in total. The van der Waals surface area contributed by atoms with Gasteiger partial charge in [-0.2, -0.15) is 4.98 Å². The molecule has 1 aromatic heterocycles. The molecular formula is C16H20N4O2. The second-order valence-corrected chi connectivity index (χ2v) is 5.72. The van der Waals surface area contributed by atoms with E-state index in [-0.39, 0.29) is 11.9 Å². The van der Waals surface area contributed by atoms with E-state index in [2.05, 4.69) is 10.1 Å². The highest BCUT2D eigenvalue weighted by Gasteiger charge is 2.32. The number of nitrogen functional groups attached to an aromatic ring is 1. The van der Waals surface area contributed by atoms with E-state index in [1.165, 1.54) is 0 Å². The molecule has 0 bridgehead atoms. The van der Waals surface area contributed by atoms with Gasteiger partial charge < -0.3 is 15.2 Å². The lowest BCUT2D eigenvalue weighted by Crippen LogP contribution is -2.39. The van der Waals surface area contributed by atoms with Crippen LogP contribution in [0, 0.1) is 13.8 Å². The van der Waals surface area contributed by atoms with Gasteiger partial charge in [-0.3, -0.25) is 4.79 Å². The predicted octanol–water partition coefficient (Wildman–Crippen LogP) is 2.64. The Kier molecular flexibility index (Phi) is 3.83. The number of likely N-dealkylation sites (tertiary alicyclic amines) is 1. The molecule has 1 aromatic carbocycles. The van der Waals surface area contributed by atoms with Gasteiger partial charge in [-0.05, 0) is 37.8 Å². The highest BCUT2D eigenvalue weighted by Crippen LogP contribution is 2.31. The molecule has 0 aliphatic carbocycles. The summed E-state index contributed by atoms with van der Waals surface area (Å²) in [4.78, 5) is 19.0. The molecule has 0 radical (unpaired) electrons. The number of amides is 1. The number of benzene rings is 1. The SMILES string of the molecule is Cc1nc(C2CCCCN2C(=O)c2cccc(C)c2N)no1. The fraction of sp³-hybridized carbons (Fsp3) is 0.438. The largest absolute Gasteiger partial charge is 0.398 e. The lowest BCUT2D eigenvalue weighted by atomic mass is 9.99. The molecule has 0 spiro atoms. The normalized spacial score (nSPS) is 18.5. The standard InChI is InChI=1S/C16H20N4O2/c1-10-6-5-7-12(14(10)17)16(21)20-9-4-3-8-13(20)15-18-11(2)22-19-15/h5-7,13H,3-4,8-9,17H2,1-2H3. The topological polar surface area (TPSA) is 85.2 Å².